The molecule has 0 saturated carbocycles. The molecule has 2 nitrogen and oxygen atoms in total. The van der Waals surface area contributed by atoms with Gasteiger partial charge in [-0.3, -0.25) is 0 Å². The number of nitrogens with zero attached hydrogens (tertiary/aromatic N) is 1. The van der Waals surface area contributed by atoms with Gasteiger partial charge >= 0.3 is 0 Å². The van der Waals surface area contributed by atoms with E-state index in [1.54, 1.807) is 6.39 Å². The predicted octanol–water partition coefficient (Wildman–Crippen LogP) is 5.72. The Morgan fingerprint density at radius 1 is 1.23 bits per heavy atom. The highest BCUT2D eigenvalue weighted by molar-refractivity contribution is 6.07. The molecule has 0 amide bonds. The van der Waals surface area contributed by atoms with Crippen LogP contribution in [-0.4, -0.2) is 4.98 Å². The van der Waals surface area contributed by atoms with E-state index in [2.05, 4.69) is 50.9 Å². The molecule has 0 spiro atoms. The van der Waals surface area contributed by atoms with Gasteiger partial charge in [0.25, 0.3) is 0 Å². The first-order chi connectivity index (χ1) is 10.5. The van der Waals surface area contributed by atoms with Gasteiger partial charge in [-0.1, -0.05) is 39.8 Å². The SMILES string of the molecule is CC(C)c1cc2ccc3c(c2c2ncoc12)CCCC3(C)C. The number of fused-ring (bicyclic) bond motifs is 5. The van der Waals surface area contributed by atoms with Gasteiger partial charge in [0.15, 0.2) is 12.0 Å². The van der Waals surface area contributed by atoms with Gasteiger partial charge in [0.05, 0.1) is 0 Å². The topological polar surface area (TPSA) is 26.0 Å². The molecule has 114 valence electrons. The molecular formula is C20H23NO. The normalized spacial score (nSPS) is 17.3. The van der Waals surface area contributed by atoms with Gasteiger partial charge in [0, 0.05) is 10.9 Å². The Morgan fingerprint density at radius 2 is 2.05 bits per heavy atom. The lowest BCUT2D eigenvalue weighted by Crippen LogP contribution is -2.23. The zero-order chi connectivity index (χ0) is 15.5. The number of rotatable bonds is 1. The summed E-state index contributed by atoms with van der Waals surface area (Å²) in [7, 11) is 0. The van der Waals surface area contributed by atoms with E-state index in [0.29, 0.717) is 5.92 Å². The number of benzene rings is 2. The minimum Gasteiger partial charge on any atom is -0.443 e. The Morgan fingerprint density at radius 3 is 2.82 bits per heavy atom. The molecule has 0 bridgehead atoms. The van der Waals surface area contributed by atoms with Crippen molar-refractivity contribution in [3.63, 3.8) is 0 Å². The van der Waals surface area contributed by atoms with E-state index >= 15 is 0 Å². The summed E-state index contributed by atoms with van der Waals surface area (Å²) in [6, 6.07) is 6.92. The Balaban J connectivity index is 2.16. The maximum absolute atomic E-state index is 5.75. The number of aromatic nitrogens is 1. The average Bonchev–Trinajstić information content (AvgIpc) is 2.94. The second-order valence-corrected chi connectivity index (χ2v) is 7.58. The van der Waals surface area contributed by atoms with Crippen molar-refractivity contribution < 1.29 is 4.42 Å². The number of oxazole rings is 1. The molecule has 1 aliphatic rings. The highest BCUT2D eigenvalue weighted by Crippen LogP contribution is 2.42. The highest BCUT2D eigenvalue weighted by Gasteiger charge is 2.29. The van der Waals surface area contributed by atoms with Crippen LogP contribution in [0.15, 0.2) is 29.0 Å². The Labute approximate surface area is 131 Å². The van der Waals surface area contributed by atoms with Crippen molar-refractivity contribution in [1.82, 2.24) is 4.98 Å². The number of hydrogen-bond donors (Lipinski definition) is 0. The number of aryl methyl sites for hydroxylation is 1. The third kappa shape index (κ3) is 1.83. The van der Waals surface area contributed by atoms with Gasteiger partial charge in [0.1, 0.15) is 5.52 Å². The second kappa shape index (κ2) is 4.58. The molecule has 1 aliphatic carbocycles. The van der Waals surface area contributed by atoms with Crippen LogP contribution in [0.2, 0.25) is 0 Å². The highest BCUT2D eigenvalue weighted by atomic mass is 16.3. The van der Waals surface area contributed by atoms with Crippen LogP contribution in [0.3, 0.4) is 0 Å². The van der Waals surface area contributed by atoms with E-state index in [1.165, 1.54) is 40.3 Å². The fourth-order valence-corrected chi connectivity index (χ4v) is 4.09. The molecule has 0 radical (unpaired) electrons. The summed E-state index contributed by atoms with van der Waals surface area (Å²) in [4.78, 5) is 4.58. The smallest absolute Gasteiger partial charge is 0.182 e. The summed E-state index contributed by atoms with van der Waals surface area (Å²) >= 11 is 0. The van der Waals surface area contributed by atoms with Crippen LogP contribution in [-0.2, 0) is 11.8 Å². The van der Waals surface area contributed by atoms with Crippen LogP contribution in [0.1, 0.15) is 63.1 Å². The van der Waals surface area contributed by atoms with Crippen LogP contribution in [0.4, 0.5) is 0 Å². The van der Waals surface area contributed by atoms with E-state index < -0.39 is 0 Å². The Hall–Kier alpha value is -1.83. The van der Waals surface area contributed by atoms with Gasteiger partial charge < -0.3 is 4.42 Å². The number of hydrogen-bond acceptors (Lipinski definition) is 2. The average molecular weight is 293 g/mol. The summed E-state index contributed by atoms with van der Waals surface area (Å²) < 4.78 is 5.75. The van der Waals surface area contributed by atoms with Gasteiger partial charge in [-0.2, -0.15) is 0 Å². The zero-order valence-electron chi connectivity index (χ0n) is 13.9. The van der Waals surface area contributed by atoms with Gasteiger partial charge in [0.2, 0.25) is 0 Å². The minimum atomic E-state index is 0.258. The molecule has 2 aromatic carbocycles. The first kappa shape index (κ1) is 13.8. The molecule has 3 aromatic rings. The van der Waals surface area contributed by atoms with Gasteiger partial charge in [-0.05, 0) is 53.2 Å². The van der Waals surface area contributed by atoms with Crippen molar-refractivity contribution >= 4 is 21.9 Å². The molecule has 2 heteroatoms. The molecule has 0 fully saturated rings. The summed E-state index contributed by atoms with van der Waals surface area (Å²) in [6.45, 7) is 9.15. The lowest BCUT2D eigenvalue weighted by molar-refractivity contribution is 0.433. The second-order valence-electron chi connectivity index (χ2n) is 7.58. The molecule has 0 aliphatic heterocycles. The van der Waals surface area contributed by atoms with Crippen molar-refractivity contribution in [2.75, 3.05) is 0 Å². The summed E-state index contributed by atoms with van der Waals surface area (Å²) in [5.74, 6) is 0.437. The van der Waals surface area contributed by atoms with E-state index in [4.69, 9.17) is 4.42 Å². The summed E-state index contributed by atoms with van der Waals surface area (Å²) in [5.41, 5.74) is 6.52. The van der Waals surface area contributed by atoms with Crippen molar-refractivity contribution in [2.45, 2.75) is 58.3 Å². The maximum Gasteiger partial charge on any atom is 0.182 e. The first-order valence-corrected chi connectivity index (χ1v) is 8.31. The quantitative estimate of drug-likeness (QED) is 0.573. The third-order valence-electron chi connectivity index (χ3n) is 5.30. The Bertz CT molecular complexity index is 870. The zero-order valence-corrected chi connectivity index (χ0v) is 13.9. The van der Waals surface area contributed by atoms with Crippen LogP contribution >= 0.6 is 0 Å². The van der Waals surface area contributed by atoms with Crippen LogP contribution in [0.25, 0.3) is 21.9 Å². The van der Waals surface area contributed by atoms with E-state index in [-0.39, 0.29) is 5.41 Å². The fraction of sp³-hybridized carbons (Fsp3) is 0.450. The standard InChI is InChI=1S/C20H23NO/c1-12(2)15-10-13-7-8-16-14(6-5-9-20(16,3)4)17(13)18-19(15)22-11-21-18/h7-8,10-12H,5-6,9H2,1-4H3. The van der Waals surface area contributed by atoms with Crippen molar-refractivity contribution in [1.29, 1.82) is 0 Å². The summed E-state index contributed by atoms with van der Waals surface area (Å²) in [5, 5.41) is 2.62. The van der Waals surface area contributed by atoms with Gasteiger partial charge in [-0.25, -0.2) is 4.98 Å². The van der Waals surface area contributed by atoms with Crippen molar-refractivity contribution in [2.24, 2.45) is 0 Å². The van der Waals surface area contributed by atoms with E-state index in [0.717, 1.165) is 17.5 Å². The third-order valence-corrected chi connectivity index (χ3v) is 5.30. The van der Waals surface area contributed by atoms with E-state index in [1.807, 2.05) is 0 Å². The molecule has 4 rings (SSSR count). The van der Waals surface area contributed by atoms with Crippen molar-refractivity contribution in [3.05, 3.63) is 41.3 Å². The van der Waals surface area contributed by atoms with Crippen LogP contribution < -0.4 is 0 Å². The lowest BCUT2D eigenvalue weighted by atomic mass is 9.71. The Kier molecular flexibility index (Phi) is 2.87. The van der Waals surface area contributed by atoms with Crippen LogP contribution in [0, 0.1) is 0 Å². The van der Waals surface area contributed by atoms with Crippen LogP contribution in [0.5, 0.6) is 0 Å². The minimum absolute atomic E-state index is 0.258. The fourth-order valence-electron chi connectivity index (χ4n) is 4.09. The molecule has 0 atom stereocenters. The van der Waals surface area contributed by atoms with Gasteiger partial charge in [-0.15, -0.1) is 0 Å². The molecular weight excluding hydrogens is 270 g/mol. The maximum atomic E-state index is 5.75. The largest absolute Gasteiger partial charge is 0.443 e. The lowest BCUT2D eigenvalue weighted by Gasteiger charge is -2.33. The monoisotopic (exact) mass is 293 g/mol. The molecule has 0 N–H and O–H groups in total. The predicted molar refractivity (Wildman–Crippen MR) is 91.6 cm³/mol. The molecule has 1 aromatic heterocycles. The van der Waals surface area contributed by atoms with E-state index in [9.17, 15) is 0 Å². The molecule has 1 heterocycles. The molecule has 22 heavy (non-hydrogen) atoms. The van der Waals surface area contributed by atoms with Crippen molar-refractivity contribution in [3.8, 4) is 0 Å². The molecule has 0 unspecified atom stereocenters. The summed E-state index contributed by atoms with van der Waals surface area (Å²) in [6.07, 6.45) is 5.27. The molecule has 0 saturated heterocycles. The first-order valence-electron chi connectivity index (χ1n) is 8.31.